The quantitative estimate of drug-likeness (QED) is 0.0419. The molecule has 0 bridgehead atoms. The lowest BCUT2D eigenvalue weighted by atomic mass is 10.0. The van der Waals surface area contributed by atoms with Gasteiger partial charge in [0.2, 0.25) is 0 Å². The van der Waals surface area contributed by atoms with Crippen LogP contribution >= 0.6 is 0 Å². The van der Waals surface area contributed by atoms with Crippen LogP contribution in [-0.4, -0.2) is 23.1 Å². The number of allylic oxidation sites excluding steroid dienone is 2. The summed E-state index contributed by atoms with van der Waals surface area (Å²) >= 11 is 0. The molecule has 0 saturated carbocycles. The first-order chi connectivity index (χ1) is 22.1. The van der Waals surface area contributed by atoms with Crippen LogP contribution < -0.4 is 0 Å². The van der Waals surface area contributed by atoms with Crippen LogP contribution in [0.4, 0.5) is 0 Å². The van der Waals surface area contributed by atoms with E-state index >= 15 is 0 Å². The number of carbonyl (C=O) groups is 2. The van der Waals surface area contributed by atoms with Gasteiger partial charge in [-0.1, -0.05) is 167 Å². The lowest BCUT2D eigenvalue weighted by molar-refractivity contribution is -0.150. The Bertz CT molecular complexity index is 643. The predicted molar refractivity (Wildman–Crippen MR) is 195 cm³/mol. The molecule has 4 heteroatoms. The predicted octanol–water partition coefficient (Wildman–Crippen LogP) is 13.8. The van der Waals surface area contributed by atoms with Crippen LogP contribution in [0.3, 0.4) is 0 Å². The second-order valence-electron chi connectivity index (χ2n) is 13.8. The van der Waals surface area contributed by atoms with E-state index < -0.39 is 5.97 Å². The fourth-order valence-corrected chi connectivity index (χ4v) is 6.24. The van der Waals surface area contributed by atoms with E-state index in [2.05, 4.69) is 26.0 Å². The van der Waals surface area contributed by atoms with Crippen LogP contribution in [0.1, 0.15) is 232 Å². The maximum atomic E-state index is 12.6. The Kier molecular flexibility index (Phi) is 36.1. The maximum Gasteiger partial charge on any atom is 0.306 e. The van der Waals surface area contributed by atoms with E-state index in [4.69, 9.17) is 9.84 Å². The summed E-state index contributed by atoms with van der Waals surface area (Å²) in [6.45, 7) is 4.55. The van der Waals surface area contributed by atoms with Crippen molar-refractivity contribution in [1.82, 2.24) is 0 Å². The van der Waals surface area contributed by atoms with Gasteiger partial charge in [0.15, 0.2) is 0 Å². The topological polar surface area (TPSA) is 63.6 Å². The number of carboxylic acid groups (broad SMARTS) is 1. The van der Waals surface area contributed by atoms with Gasteiger partial charge in [-0.05, 0) is 64.2 Å². The molecule has 4 nitrogen and oxygen atoms in total. The van der Waals surface area contributed by atoms with Gasteiger partial charge in [0, 0.05) is 12.8 Å². The molecule has 0 aliphatic rings. The molecule has 0 fully saturated rings. The Labute approximate surface area is 281 Å². The number of hydrogen-bond acceptors (Lipinski definition) is 3. The first kappa shape index (κ1) is 43.7. The highest BCUT2D eigenvalue weighted by molar-refractivity contribution is 5.69. The van der Waals surface area contributed by atoms with Crippen molar-refractivity contribution in [3.63, 3.8) is 0 Å². The van der Waals surface area contributed by atoms with E-state index in [0.29, 0.717) is 6.42 Å². The molecule has 0 spiro atoms. The minimum absolute atomic E-state index is 0.00238. The van der Waals surface area contributed by atoms with Gasteiger partial charge in [-0.2, -0.15) is 0 Å². The van der Waals surface area contributed by atoms with Gasteiger partial charge >= 0.3 is 11.9 Å². The summed E-state index contributed by atoms with van der Waals surface area (Å²) < 4.78 is 6.00. The summed E-state index contributed by atoms with van der Waals surface area (Å²) in [6.07, 6.45) is 45.1. The molecule has 1 atom stereocenters. The molecule has 266 valence electrons. The molecule has 0 aliphatic heterocycles. The molecular formula is C41H78O4. The summed E-state index contributed by atoms with van der Waals surface area (Å²) in [5, 5.41) is 8.82. The molecule has 0 aromatic heterocycles. The fraction of sp³-hybridized carbons (Fsp3) is 0.902. The SMILES string of the molecule is CCCCCCCCCC/C=C\CCCCCC(CCCCCCCC(=O)O)OC(=O)CCCCCCCCCCCCCC. The van der Waals surface area contributed by atoms with E-state index in [1.807, 2.05) is 0 Å². The highest BCUT2D eigenvalue weighted by Crippen LogP contribution is 2.19. The van der Waals surface area contributed by atoms with Crippen molar-refractivity contribution >= 4 is 11.9 Å². The van der Waals surface area contributed by atoms with E-state index in [9.17, 15) is 9.59 Å². The smallest absolute Gasteiger partial charge is 0.306 e. The van der Waals surface area contributed by atoms with E-state index in [0.717, 1.165) is 70.6 Å². The van der Waals surface area contributed by atoms with Crippen molar-refractivity contribution in [2.45, 2.75) is 238 Å². The third kappa shape index (κ3) is 37.0. The number of rotatable bonds is 37. The largest absolute Gasteiger partial charge is 0.481 e. The highest BCUT2D eigenvalue weighted by atomic mass is 16.5. The fourth-order valence-electron chi connectivity index (χ4n) is 6.24. The molecule has 0 amide bonds. The Morgan fingerprint density at radius 3 is 1.22 bits per heavy atom. The Balaban J connectivity index is 4.05. The molecule has 0 rings (SSSR count). The summed E-state index contributed by atoms with van der Waals surface area (Å²) in [7, 11) is 0. The van der Waals surface area contributed by atoms with Crippen molar-refractivity contribution in [3.8, 4) is 0 Å². The van der Waals surface area contributed by atoms with E-state index in [1.54, 1.807) is 0 Å². The van der Waals surface area contributed by atoms with Crippen molar-refractivity contribution in [2.75, 3.05) is 0 Å². The van der Waals surface area contributed by atoms with E-state index in [-0.39, 0.29) is 18.5 Å². The monoisotopic (exact) mass is 635 g/mol. The average Bonchev–Trinajstić information content (AvgIpc) is 3.02. The van der Waals surface area contributed by atoms with Gasteiger partial charge in [-0.3, -0.25) is 9.59 Å². The molecule has 0 heterocycles. The van der Waals surface area contributed by atoms with Crippen LogP contribution in [-0.2, 0) is 14.3 Å². The molecule has 0 saturated heterocycles. The van der Waals surface area contributed by atoms with Gasteiger partial charge in [0.1, 0.15) is 6.10 Å². The summed E-state index contributed by atoms with van der Waals surface area (Å²) in [6, 6.07) is 0. The average molecular weight is 635 g/mol. The third-order valence-electron chi connectivity index (χ3n) is 9.24. The second-order valence-corrected chi connectivity index (χ2v) is 13.8. The zero-order valence-corrected chi connectivity index (χ0v) is 30.4. The third-order valence-corrected chi connectivity index (χ3v) is 9.24. The Morgan fingerprint density at radius 1 is 0.467 bits per heavy atom. The molecule has 0 aromatic carbocycles. The van der Waals surface area contributed by atoms with Crippen LogP contribution in [0.25, 0.3) is 0 Å². The van der Waals surface area contributed by atoms with Crippen LogP contribution in [0.15, 0.2) is 12.2 Å². The first-order valence-corrected chi connectivity index (χ1v) is 20.2. The first-order valence-electron chi connectivity index (χ1n) is 20.2. The summed E-state index contributed by atoms with van der Waals surface area (Å²) in [5.41, 5.74) is 0. The van der Waals surface area contributed by atoms with Crippen LogP contribution in [0.2, 0.25) is 0 Å². The lowest BCUT2D eigenvalue weighted by Gasteiger charge is -2.18. The second kappa shape index (κ2) is 37.1. The number of unbranched alkanes of at least 4 members (excludes halogenated alkanes) is 26. The number of carboxylic acids is 1. The lowest BCUT2D eigenvalue weighted by Crippen LogP contribution is -2.18. The van der Waals surface area contributed by atoms with Gasteiger partial charge in [0.25, 0.3) is 0 Å². The molecule has 45 heavy (non-hydrogen) atoms. The molecule has 0 aromatic rings. The van der Waals surface area contributed by atoms with Gasteiger partial charge in [-0.15, -0.1) is 0 Å². The number of hydrogen-bond donors (Lipinski definition) is 1. The molecular weight excluding hydrogens is 556 g/mol. The highest BCUT2D eigenvalue weighted by Gasteiger charge is 2.14. The maximum absolute atomic E-state index is 12.6. The zero-order valence-electron chi connectivity index (χ0n) is 30.4. The minimum Gasteiger partial charge on any atom is -0.481 e. The number of aliphatic carboxylic acids is 1. The van der Waals surface area contributed by atoms with Crippen molar-refractivity contribution in [2.24, 2.45) is 0 Å². The molecule has 1 N–H and O–H groups in total. The number of esters is 1. The van der Waals surface area contributed by atoms with Gasteiger partial charge in [0.05, 0.1) is 0 Å². The van der Waals surface area contributed by atoms with E-state index in [1.165, 1.54) is 135 Å². The Morgan fingerprint density at radius 2 is 0.800 bits per heavy atom. The summed E-state index contributed by atoms with van der Waals surface area (Å²) in [5.74, 6) is -0.702. The van der Waals surface area contributed by atoms with Gasteiger partial charge in [-0.25, -0.2) is 0 Å². The van der Waals surface area contributed by atoms with Crippen LogP contribution in [0.5, 0.6) is 0 Å². The number of carbonyl (C=O) groups excluding carboxylic acids is 1. The molecule has 0 radical (unpaired) electrons. The molecule has 0 aliphatic carbocycles. The van der Waals surface area contributed by atoms with Crippen molar-refractivity contribution in [1.29, 1.82) is 0 Å². The summed E-state index contributed by atoms with van der Waals surface area (Å²) in [4.78, 5) is 23.4. The van der Waals surface area contributed by atoms with Crippen LogP contribution in [0, 0.1) is 0 Å². The minimum atomic E-state index is -0.700. The normalized spacial score (nSPS) is 12.2. The van der Waals surface area contributed by atoms with Crippen molar-refractivity contribution in [3.05, 3.63) is 12.2 Å². The molecule has 1 unspecified atom stereocenters. The number of ether oxygens (including phenoxy) is 1. The van der Waals surface area contributed by atoms with Gasteiger partial charge < -0.3 is 9.84 Å². The van der Waals surface area contributed by atoms with Crippen molar-refractivity contribution < 1.29 is 19.4 Å². The standard InChI is InChI=1S/C41H78O4/c1-3-5-7-9-11-13-15-17-18-19-20-22-24-27-31-35-39(36-32-28-26-29-33-37-40(42)43)45-41(44)38-34-30-25-23-21-16-14-12-10-8-6-4-2/h19-20,39H,3-18,21-38H2,1-2H3,(H,42,43)/b20-19-. The Hall–Kier alpha value is -1.32. The zero-order chi connectivity index (χ0) is 32.9.